The Kier molecular flexibility index (Phi) is 4.44. The van der Waals surface area contributed by atoms with Crippen LogP contribution in [0.2, 0.25) is 5.15 Å². The summed E-state index contributed by atoms with van der Waals surface area (Å²) in [5.41, 5.74) is -0.173. The van der Waals surface area contributed by atoms with Crippen LogP contribution in [0.15, 0.2) is 36.5 Å². The van der Waals surface area contributed by atoms with Gasteiger partial charge in [-0.1, -0.05) is 11.6 Å². The standard InChI is InChI=1S/C13H8ClF2N3O2/c14-11-10(2-1-5-17-11)19-13(21)12(20)18-9-4-3-7(15)6-8(9)16/h1-6H,(H,18,20)(H,19,21). The maximum absolute atomic E-state index is 13.3. The molecule has 108 valence electrons. The number of benzene rings is 1. The van der Waals surface area contributed by atoms with Crippen LogP contribution in [-0.4, -0.2) is 16.8 Å². The van der Waals surface area contributed by atoms with Crippen molar-refractivity contribution in [1.29, 1.82) is 0 Å². The van der Waals surface area contributed by atoms with E-state index in [1.807, 2.05) is 5.32 Å². The highest BCUT2D eigenvalue weighted by molar-refractivity contribution is 6.44. The van der Waals surface area contributed by atoms with Gasteiger partial charge >= 0.3 is 11.8 Å². The van der Waals surface area contributed by atoms with Gasteiger partial charge in [-0.05, 0) is 24.3 Å². The molecule has 0 aliphatic rings. The minimum Gasteiger partial charge on any atom is -0.315 e. The number of anilines is 2. The van der Waals surface area contributed by atoms with Crippen molar-refractivity contribution < 1.29 is 18.4 Å². The van der Waals surface area contributed by atoms with E-state index in [2.05, 4.69) is 10.3 Å². The first-order valence-corrected chi connectivity index (χ1v) is 6.03. The number of carbonyl (C=O) groups is 2. The number of pyridine rings is 1. The van der Waals surface area contributed by atoms with Crippen molar-refractivity contribution in [3.8, 4) is 0 Å². The molecule has 0 fully saturated rings. The summed E-state index contributed by atoms with van der Waals surface area (Å²) in [6.45, 7) is 0. The van der Waals surface area contributed by atoms with Crippen molar-refractivity contribution in [3.63, 3.8) is 0 Å². The Balaban J connectivity index is 2.06. The minimum absolute atomic E-state index is 0.00612. The maximum Gasteiger partial charge on any atom is 0.314 e. The predicted octanol–water partition coefficient (Wildman–Crippen LogP) is 2.59. The molecule has 0 bridgehead atoms. The van der Waals surface area contributed by atoms with E-state index in [1.165, 1.54) is 18.3 Å². The summed E-state index contributed by atoms with van der Waals surface area (Å²) in [5.74, 6) is -3.97. The second-order valence-corrected chi connectivity index (χ2v) is 4.23. The van der Waals surface area contributed by atoms with Crippen LogP contribution in [0.4, 0.5) is 20.2 Å². The molecular formula is C13H8ClF2N3O2. The Hall–Kier alpha value is -2.54. The van der Waals surface area contributed by atoms with E-state index in [1.54, 1.807) is 0 Å². The van der Waals surface area contributed by atoms with Crippen LogP contribution in [0.1, 0.15) is 0 Å². The third-order valence-electron chi connectivity index (χ3n) is 2.39. The monoisotopic (exact) mass is 311 g/mol. The first kappa shape index (κ1) is 14.9. The van der Waals surface area contributed by atoms with E-state index in [0.717, 1.165) is 12.1 Å². The molecule has 0 spiro atoms. The second kappa shape index (κ2) is 6.27. The zero-order valence-corrected chi connectivity index (χ0v) is 11.1. The van der Waals surface area contributed by atoms with Gasteiger partial charge in [-0.15, -0.1) is 0 Å². The average molecular weight is 312 g/mol. The molecule has 8 heteroatoms. The summed E-state index contributed by atoms with van der Waals surface area (Å²) in [4.78, 5) is 27.0. The van der Waals surface area contributed by atoms with E-state index in [4.69, 9.17) is 11.6 Å². The predicted molar refractivity (Wildman–Crippen MR) is 72.9 cm³/mol. The van der Waals surface area contributed by atoms with Crippen molar-refractivity contribution in [2.45, 2.75) is 0 Å². The fourth-order valence-electron chi connectivity index (χ4n) is 1.43. The molecule has 0 unspecified atom stereocenters. The molecular weight excluding hydrogens is 304 g/mol. The molecule has 0 saturated heterocycles. The first-order chi connectivity index (χ1) is 9.97. The van der Waals surface area contributed by atoms with Gasteiger partial charge in [0.05, 0.1) is 11.4 Å². The summed E-state index contributed by atoms with van der Waals surface area (Å²) in [6, 6.07) is 5.50. The molecule has 0 atom stereocenters. The molecule has 2 amide bonds. The molecule has 2 N–H and O–H groups in total. The van der Waals surface area contributed by atoms with Crippen LogP contribution < -0.4 is 10.6 Å². The molecule has 2 aromatic rings. The third kappa shape index (κ3) is 3.73. The van der Waals surface area contributed by atoms with E-state index < -0.39 is 23.4 Å². The van der Waals surface area contributed by atoms with Crippen LogP contribution in [0, 0.1) is 11.6 Å². The smallest absolute Gasteiger partial charge is 0.314 e. The van der Waals surface area contributed by atoms with Gasteiger partial charge in [0.25, 0.3) is 0 Å². The highest BCUT2D eigenvalue weighted by Crippen LogP contribution is 2.18. The Morgan fingerprint density at radius 1 is 1.05 bits per heavy atom. The van der Waals surface area contributed by atoms with Crippen LogP contribution in [-0.2, 0) is 9.59 Å². The lowest BCUT2D eigenvalue weighted by atomic mass is 10.3. The van der Waals surface area contributed by atoms with E-state index >= 15 is 0 Å². The third-order valence-corrected chi connectivity index (χ3v) is 2.69. The zero-order valence-electron chi connectivity index (χ0n) is 10.4. The van der Waals surface area contributed by atoms with Crippen LogP contribution in [0.3, 0.4) is 0 Å². The van der Waals surface area contributed by atoms with E-state index in [0.29, 0.717) is 6.07 Å². The summed E-state index contributed by atoms with van der Waals surface area (Å²) in [6.07, 6.45) is 1.41. The number of hydrogen-bond donors (Lipinski definition) is 2. The van der Waals surface area contributed by atoms with Crippen molar-refractivity contribution in [2.75, 3.05) is 10.6 Å². The van der Waals surface area contributed by atoms with Gasteiger partial charge in [0.2, 0.25) is 0 Å². The molecule has 1 aromatic carbocycles. The molecule has 2 rings (SSSR count). The molecule has 0 aliphatic heterocycles. The van der Waals surface area contributed by atoms with Crippen LogP contribution in [0.5, 0.6) is 0 Å². The van der Waals surface area contributed by atoms with Gasteiger partial charge < -0.3 is 10.6 Å². The fraction of sp³-hybridized carbons (Fsp3) is 0. The quantitative estimate of drug-likeness (QED) is 0.661. The largest absolute Gasteiger partial charge is 0.315 e. The fourth-order valence-corrected chi connectivity index (χ4v) is 1.59. The van der Waals surface area contributed by atoms with Gasteiger partial charge in [0.1, 0.15) is 11.6 Å². The highest BCUT2D eigenvalue weighted by atomic mass is 35.5. The Bertz CT molecular complexity index is 710. The molecule has 0 saturated carbocycles. The second-order valence-electron chi connectivity index (χ2n) is 3.87. The normalized spacial score (nSPS) is 10.0. The SMILES string of the molecule is O=C(Nc1ccc(F)cc1F)C(=O)Nc1cccnc1Cl. The van der Waals surface area contributed by atoms with Gasteiger partial charge in [-0.2, -0.15) is 0 Å². The van der Waals surface area contributed by atoms with Gasteiger partial charge in [-0.3, -0.25) is 9.59 Å². The molecule has 1 heterocycles. The number of carbonyl (C=O) groups excluding carboxylic acids is 2. The van der Waals surface area contributed by atoms with Crippen LogP contribution >= 0.6 is 11.6 Å². The lowest BCUT2D eigenvalue weighted by Crippen LogP contribution is -2.29. The molecule has 0 radical (unpaired) electrons. The van der Waals surface area contributed by atoms with Crippen LogP contribution in [0.25, 0.3) is 0 Å². The summed E-state index contributed by atoms with van der Waals surface area (Å²) >= 11 is 5.72. The average Bonchev–Trinajstić information content (AvgIpc) is 2.44. The zero-order chi connectivity index (χ0) is 15.4. The lowest BCUT2D eigenvalue weighted by Gasteiger charge is -2.08. The molecule has 5 nitrogen and oxygen atoms in total. The minimum atomic E-state index is -1.12. The highest BCUT2D eigenvalue weighted by Gasteiger charge is 2.17. The number of halogens is 3. The number of nitrogens with zero attached hydrogens (tertiary/aromatic N) is 1. The van der Waals surface area contributed by atoms with Crippen molar-refractivity contribution in [3.05, 3.63) is 53.3 Å². The molecule has 1 aromatic heterocycles. The number of amides is 2. The summed E-state index contributed by atoms with van der Waals surface area (Å²) in [7, 11) is 0. The number of nitrogens with one attached hydrogen (secondary N) is 2. The van der Waals surface area contributed by atoms with Gasteiger partial charge in [-0.25, -0.2) is 13.8 Å². The van der Waals surface area contributed by atoms with E-state index in [-0.39, 0.29) is 16.5 Å². The molecule has 21 heavy (non-hydrogen) atoms. The Morgan fingerprint density at radius 2 is 1.71 bits per heavy atom. The van der Waals surface area contributed by atoms with Gasteiger partial charge in [0, 0.05) is 12.3 Å². The van der Waals surface area contributed by atoms with Crippen molar-refractivity contribution in [2.24, 2.45) is 0 Å². The van der Waals surface area contributed by atoms with Crippen molar-refractivity contribution >= 4 is 34.8 Å². The first-order valence-electron chi connectivity index (χ1n) is 5.65. The Labute approximate surface area is 122 Å². The maximum atomic E-state index is 13.3. The number of aromatic nitrogens is 1. The molecule has 0 aliphatic carbocycles. The lowest BCUT2D eigenvalue weighted by molar-refractivity contribution is -0.133. The summed E-state index contributed by atoms with van der Waals surface area (Å²) in [5, 5.41) is 4.25. The number of hydrogen-bond acceptors (Lipinski definition) is 3. The Morgan fingerprint density at radius 3 is 2.33 bits per heavy atom. The van der Waals surface area contributed by atoms with Gasteiger partial charge in [0.15, 0.2) is 5.15 Å². The topological polar surface area (TPSA) is 71.1 Å². The number of rotatable bonds is 2. The van der Waals surface area contributed by atoms with E-state index in [9.17, 15) is 18.4 Å². The van der Waals surface area contributed by atoms with Crippen molar-refractivity contribution in [1.82, 2.24) is 4.98 Å². The summed E-state index contributed by atoms with van der Waals surface area (Å²) < 4.78 is 26.1.